The molecule has 0 aromatic carbocycles. The molecule has 0 aliphatic heterocycles. The number of hydrogen-bond acceptors (Lipinski definition) is 5. The summed E-state index contributed by atoms with van der Waals surface area (Å²) in [5.41, 5.74) is 0. The van der Waals surface area contributed by atoms with E-state index < -0.39 is 6.10 Å². The van der Waals surface area contributed by atoms with Gasteiger partial charge in [0.2, 0.25) is 0 Å². The van der Waals surface area contributed by atoms with Crippen molar-refractivity contribution in [3.63, 3.8) is 0 Å². The third kappa shape index (κ3) is 38.9. The van der Waals surface area contributed by atoms with Crippen LogP contribution in [0.15, 0.2) is 36.5 Å². The molecule has 5 heteroatoms. The van der Waals surface area contributed by atoms with Gasteiger partial charge >= 0.3 is 11.9 Å². The lowest BCUT2D eigenvalue weighted by atomic mass is 10.0. The van der Waals surface area contributed by atoms with E-state index in [9.17, 15) is 14.7 Å². The summed E-state index contributed by atoms with van der Waals surface area (Å²) in [7, 11) is 0. The molecular weight excluding hydrogens is 620 g/mol. The summed E-state index contributed by atoms with van der Waals surface area (Å²) in [6.45, 7) is 4.11. The molecule has 0 heterocycles. The monoisotopic (exact) mass is 703 g/mol. The zero-order valence-electron chi connectivity index (χ0n) is 33.2. The molecule has 0 amide bonds. The van der Waals surface area contributed by atoms with Gasteiger partial charge in [-0.15, -0.1) is 0 Å². The highest BCUT2D eigenvalue weighted by molar-refractivity contribution is 5.70. The molecule has 1 N–H and O–H groups in total. The van der Waals surface area contributed by atoms with Crippen LogP contribution in [-0.2, 0) is 19.1 Å². The second-order valence-corrected chi connectivity index (χ2v) is 14.4. The third-order valence-electron chi connectivity index (χ3n) is 9.44. The summed E-state index contributed by atoms with van der Waals surface area (Å²) < 4.78 is 10.6. The van der Waals surface area contributed by atoms with Crippen LogP contribution in [0.25, 0.3) is 0 Å². The fourth-order valence-corrected chi connectivity index (χ4v) is 6.16. The van der Waals surface area contributed by atoms with Crippen LogP contribution in [0.4, 0.5) is 0 Å². The quantitative estimate of drug-likeness (QED) is 0.0392. The molecule has 5 nitrogen and oxygen atoms in total. The Balaban J connectivity index is 3.58. The number of rotatable bonds is 39. The topological polar surface area (TPSA) is 72.8 Å². The van der Waals surface area contributed by atoms with Crippen molar-refractivity contribution >= 4 is 11.9 Å². The molecule has 0 saturated heterocycles. The first kappa shape index (κ1) is 48.1. The van der Waals surface area contributed by atoms with E-state index in [1.165, 1.54) is 148 Å². The molecule has 0 saturated carbocycles. The van der Waals surface area contributed by atoms with Crippen molar-refractivity contribution in [1.29, 1.82) is 0 Å². The summed E-state index contributed by atoms with van der Waals surface area (Å²) in [4.78, 5) is 24.3. The zero-order chi connectivity index (χ0) is 36.4. The van der Waals surface area contributed by atoms with Gasteiger partial charge in [0.05, 0.1) is 6.61 Å². The van der Waals surface area contributed by atoms with E-state index in [2.05, 4.69) is 50.3 Å². The predicted octanol–water partition coefficient (Wildman–Crippen LogP) is 13.6. The third-order valence-corrected chi connectivity index (χ3v) is 9.44. The number of allylic oxidation sites excluding steroid dienone is 6. The molecular formula is C45H82O5. The lowest BCUT2D eigenvalue weighted by Crippen LogP contribution is -2.28. The van der Waals surface area contributed by atoms with Crippen LogP contribution in [0.1, 0.15) is 219 Å². The molecule has 0 aromatic rings. The second kappa shape index (κ2) is 41.5. The van der Waals surface area contributed by atoms with Crippen molar-refractivity contribution in [2.45, 2.75) is 225 Å². The first-order valence-electron chi connectivity index (χ1n) is 21.5. The Morgan fingerprint density at radius 2 is 0.820 bits per heavy atom. The SMILES string of the molecule is CCCCCCCCC=CCC=CCC=CCCCC(=O)O[C@@H](CO)COC(=O)CCCCCCCCCCCCCCCCCCCCC. The number of unbranched alkanes of at least 4 members (excludes halogenated alkanes) is 25. The van der Waals surface area contributed by atoms with Gasteiger partial charge in [-0.25, -0.2) is 0 Å². The lowest BCUT2D eigenvalue weighted by molar-refractivity contribution is -0.161. The predicted molar refractivity (Wildman–Crippen MR) is 214 cm³/mol. The molecule has 0 spiro atoms. The van der Waals surface area contributed by atoms with E-state index >= 15 is 0 Å². The summed E-state index contributed by atoms with van der Waals surface area (Å²) >= 11 is 0. The molecule has 0 radical (unpaired) electrons. The molecule has 0 fully saturated rings. The van der Waals surface area contributed by atoms with E-state index in [0.29, 0.717) is 12.8 Å². The van der Waals surface area contributed by atoms with E-state index in [-0.39, 0.29) is 31.6 Å². The van der Waals surface area contributed by atoms with Crippen molar-refractivity contribution < 1.29 is 24.2 Å². The van der Waals surface area contributed by atoms with Crippen LogP contribution in [-0.4, -0.2) is 36.4 Å². The molecule has 0 bridgehead atoms. The van der Waals surface area contributed by atoms with Gasteiger partial charge < -0.3 is 14.6 Å². The van der Waals surface area contributed by atoms with Gasteiger partial charge in [0.25, 0.3) is 0 Å². The number of aliphatic hydroxyl groups is 1. The van der Waals surface area contributed by atoms with Crippen molar-refractivity contribution in [3.05, 3.63) is 36.5 Å². The van der Waals surface area contributed by atoms with Gasteiger partial charge in [-0.3, -0.25) is 9.59 Å². The van der Waals surface area contributed by atoms with Crippen molar-refractivity contribution in [1.82, 2.24) is 0 Å². The van der Waals surface area contributed by atoms with Crippen molar-refractivity contribution in [2.75, 3.05) is 13.2 Å². The average molecular weight is 703 g/mol. The first-order chi connectivity index (χ1) is 24.6. The molecule has 1 atom stereocenters. The maximum absolute atomic E-state index is 12.2. The molecule has 0 aliphatic rings. The largest absolute Gasteiger partial charge is 0.462 e. The number of hydrogen-bond donors (Lipinski definition) is 1. The van der Waals surface area contributed by atoms with E-state index in [0.717, 1.165) is 38.5 Å². The van der Waals surface area contributed by atoms with Gasteiger partial charge in [-0.1, -0.05) is 198 Å². The van der Waals surface area contributed by atoms with Crippen LogP contribution in [0.3, 0.4) is 0 Å². The Labute approximate surface area is 310 Å². The molecule has 0 rings (SSSR count). The van der Waals surface area contributed by atoms with Crippen LogP contribution in [0, 0.1) is 0 Å². The Bertz CT molecular complexity index is 801. The maximum atomic E-state index is 12.2. The van der Waals surface area contributed by atoms with Gasteiger partial charge in [0.15, 0.2) is 6.10 Å². The minimum Gasteiger partial charge on any atom is -0.462 e. The number of esters is 2. The number of ether oxygens (including phenoxy) is 2. The van der Waals surface area contributed by atoms with Gasteiger partial charge in [0.1, 0.15) is 6.61 Å². The highest BCUT2D eigenvalue weighted by Crippen LogP contribution is 2.15. The zero-order valence-corrected chi connectivity index (χ0v) is 33.2. The molecule has 0 aromatic heterocycles. The summed E-state index contributed by atoms with van der Waals surface area (Å²) in [5.74, 6) is -0.644. The van der Waals surface area contributed by atoms with Gasteiger partial charge in [-0.2, -0.15) is 0 Å². The highest BCUT2D eigenvalue weighted by Gasteiger charge is 2.16. The second-order valence-electron chi connectivity index (χ2n) is 14.4. The lowest BCUT2D eigenvalue weighted by Gasteiger charge is -2.15. The Hall–Kier alpha value is -1.88. The Morgan fingerprint density at radius 1 is 0.460 bits per heavy atom. The van der Waals surface area contributed by atoms with Crippen molar-refractivity contribution in [3.8, 4) is 0 Å². The summed E-state index contributed by atoms with van der Waals surface area (Å²) in [6.07, 6.45) is 50.8. The minimum atomic E-state index is -0.794. The number of carbonyl (C=O) groups is 2. The van der Waals surface area contributed by atoms with Crippen molar-refractivity contribution in [2.24, 2.45) is 0 Å². The highest BCUT2D eigenvalue weighted by atomic mass is 16.6. The maximum Gasteiger partial charge on any atom is 0.306 e. The van der Waals surface area contributed by atoms with Gasteiger partial charge in [-0.05, 0) is 44.9 Å². The molecule has 292 valence electrons. The van der Waals surface area contributed by atoms with Crippen LogP contribution in [0.2, 0.25) is 0 Å². The molecule has 50 heavy (non-hydrogen) atoms. The minimum absolute atomic E-state index is 0.0827. The fourth-order valence-electron chi connectivity index (χ4n) is 6.16. The first-order valence-corrected chi connectivity index (χ1v) is 21.5. The van der Waals surface area contributed by atoms with E-state index in [1.807, 2.05) is 0 Å². The Kier molecular flexibility index (Phi) is 40.0. The number of aliphatic hydroxyl groups excluding tert-OH is 1. The van der Waals surface area contributed by atoms with Gasteiger partial charge in [0, 0.05) is 12.8 Å². The number of carbonyl (C=O) groups excluding carboxylic acids is 2. The van der Waals surface area contributed by atoms with Crippen LogP contribution in [0.5, 0.6) is 0 Å². The van der Waals surface area contributed by atoms with Crippen LogP contribution < -0.4 is 0 Å². The fraction of sp³-hybridized carbons (Fsp3) is 0.822. The van der Waals surface area contributed by atoms with Crippen LogP contribution >= 0.6 is 0 Å². The normalized spacial score (nSPS) is 12.5. The van der Waals surface area contributed by atoms with E-state index in [4.69, 9.17) is 9.47 Å². The standard InChI is InChI=1S/C45H82O5/c1-3-5-7-9-11-13-15-17-19-21-22-24-25-27-29-31-33-35-37-39-44(47)49-42-43(41-46)50-45(48)40-38-36-34-32-30-28-26-23-20-18-16-14-12-10-8-6-4-2/h18,20,26,28,32,34,43,46H,3-17,19,21-25,27,29-31,33,35-42H2,1-2H3/t43-/m0/s1. The molecule has 0 aliphatic carbocycles. The summed E-state index contributed by atoms with van der Waals surface area (Å²) in [6, 6.07) is 0. The smallest absolute Gasteiger partial charge is 0.306 e. The average Bonchev–Trinajstić information content (AvgIpc) is 3.12. The Morgan fingerprint density at radius 3 is 1.26 bits per heavy atom. The molecule has 0 unspecified atom stereocenters. The van der Waals surface area contributed by atoms with E-state index in [1.54, 1.807) is 0 Å². The summed E-state index contributed by atoms with van der Waals surface area (Å²) in [5, 5.41) is 9.56.